The predicted octanol–water partition coefficient (Wildman–Crippen LogP) is 4.16. The van der Waals surface area contributed by atoms with Gasteiger partial charge in [-0.25, -0.2) is 0 Å². The second-order valence-electron chi connectivity index (χ2n) is 4.46. The van der Waals surface area contributed by atoms with Gasteiger partial charge in [-0.05, 0) is 17.4 Å². The molecule has 2 aromatic carbocycles. The van der Waals surface area contributed by atoms with Crippen LogP contribution in [0.5, 0.6) is 0 Å². The largest absolute Gasteiger partial charge is 1.00 e. The second-order valence-corrected chi connectivity index (χ2v) is 7.96. The van der Waals surface area contributed by atoms with Crippen molar-refractivity contribution in [3.8, 4) is 0 Å². The highest BCUT2D eigenvalue weighted by molar-refractivity contribution is 7.21. The Kier molecular flexibility index (Phi) is 6.60. The molecule has 9 heteroatoms. The number of nitrogens with zero attached hydrogens (tertiary/aromatic N) is 1. The van der Waals surface area contributed by atoms with E-state index in [0.717, 1.165) is 10.2 Å². The maximum Gasteiger partial charge on any atom is 0.334 e. The predicted molar refractivity (Wildman–Crippen MR) is 97.6 cm³/mol. The highest BCUT2D eigenvalue weighted by Crippen LogP contribution is 2.44. The number of benzene rings is 2. The SMILES string of the molecule is Clc1c(Cl)c(Cl)c(C[n+]2c(Cl)sc3ccccc32)c(Cl)c1Cl.[Cl-]. The number of aromatic nitrogens is 1. The van der Waals surface area contributed by atoms with Crippen LogP contribution in [-0.4, -0.2) is 0 Å². The molecule has 3 aromatic rings. The summed E-state index contributed by atoms with van der Waals surface area (Å²) in [5, 5.41) is 1.07. The van der Waals surface area contributed by atoms with Gasteiger partial charge in [-0.2, -0.15) is 4.57 Å². The van der Waals surface area contributed by atoms with Crippen LogP contribution in [0, 0.1) is 0 Å². The van der Waals surface area contributed by atoms with Gasteiger partial charge in [0.05, 0.1) is 30.7 Å². The molecule has 0 amide bonds. The fourth-order valence-electron chi connectivity index (χ4n) is 2.10. The van der Waals surface area contributed by atoms with Crippen LogP contribution in [0.2, 0.25) is 29.6 Å². The molecule has 0 bridgehead atoms. The number of hydrogen-bond donors (Lipinski definition) is 0. The van der Waals surface area contributed by atoms with Crippen molar-refractivity contribution in [3.05, 3.63) is 59.4 Å². The molecule has 122 valence electrons. The van der Waals surface area contributed by atoms with E-state index in [1.54, 1.807) is 0 Å². The zero-order valence-corrected chi connectivity index (χ0v) is 17.1. The van der Waals surface area contributed by atoms with Crippen molar-refractivity contribution in [2.24, 2.45) is 0 Å². The molecule has 0 spiro atoms. The molecule has 0 unspecified atom stereocenters. The van der Waals surface area contributed by atoms with E-state index in [2.05, 4.69) is 0 Å². The van der Waals surface area contributed by atoms with Crippen molar-refractivity contribution in [2.75, 3.05) is 0 Å². The zero-order valence-electron chi connectivity index (χ0n) is 11.0. The van der Waals surface area contributed by atoms with Crippen LogP contribution < -0.4 is 17.0 Å². The molecule has 0 aliphatic carbocycles. The molecule has 0 aliphatic heterocycles. The van der Waals surface area contributed by atoms with E-state index in [9.17, 15) is 0 Å². The molecule has 0 N–H and O–H groups in total. The van der Waals surface area contributed by atoms with Gasteiger partial charge in [-0.3, -0.25) is 0 Å². The smallest absolute Gasteiger partial charge is 0.334 e. The second kappa shape index (κ2) is 7.72. The summed E-state index contributed by atoms with van der Waals surface area (Å²) < 4.78 is 3.57. The monoisotopic (exact) mass is 465 g/mol. The lowest BCUT2D eigenvalue weighted by Gasteiger charge is -2.10. The summed E-state index contributed by atoms with van der Waals surface area (Å²) in [7, 11) is 0. The van der Waals surface area contributed by atoms with E-state index in [0.29, 0.717) is 16.6 Å². The number of para-hydroxylation sites is 1. The van der Waals surface area contributed by atoms with Crippen molar-refractivity contribution in [3.63, 3.8) is 0 Å². The van der Waals surface area contributed by atoms with Gasteiger partial charge in [0.2, 0.25) is 5.52 Å². The van der Waals surface area contributed by atoms with Crippen molar-refractivity contribution in [2.45, 2.75) is 6.54 Å². The molecule has 0 fully saturated rings. The molecule has 0 saturated carbocycles. The Hall–Kier alpha value is 0.360. The third-order valence-electron chi connectivity index (χ3n) is 3.18. The number of halogens is 7. The maximum atomic E-state index is 6.34. The van der Waals surface area contributed by atoms with Crippen LogP contribution in [0.25, 0.3) is 10.2 Å². The Morgan fingerprint density at radius 3 is 1.91 bits per heavy atom. The highest BCUT2D eigenvalue weighted by atomic mass is 35.5. The first-order valence-corrected chi connectivity index (χ1v) is 9.07. The molecule has 0 radical (unpaired) electrons. The highest BCUT2D eigenvalue weighted by Gasteiger charge is 2.25. The Morgan fingerprint density at radius 1 is 0.783 bits per heavy atom. The lowest BCUT2D eigenvalue weighted by Crippen LogP contribution is -3.00. The topological polar surface area (TPSA) is 3.88 Å². The van der Waals surface area contributed by atoms with Crippen molar-refractivity contribution in [1.82, 2.24) is 0 Å². The molecule has 1 heterocycles. The van der Waals surface area contributed by atoms with E-state index >= 15 is 0 Å². The maximum absolute atomic E-state index is 6.34. The molecule has 0 atom stereocenters. The standard InChI is InChI=1S/C14H6Cl6NS.ClH/c15-9-6(10(16)12(18)13(19)11(9)17)5-21-7-3-1-2-4-8(7)22-14(21)20;/h1-4H,5H2;1H/q+1;/p-1. The first-order chi connectivity index (χ1) is 10.4. The summed E-state index contributed by atoms with van der Waals surface area (Å²) in [6.07, 6.45) is 0. The van der Waals surface area contributed by atoms with Crippen molar-refractivity contribution >= 4 is 91.2 Å². The van der Waals surface area contributed by atoms with Crippen LogP contribution in [0.4, 0.5) is 0 Å². The van der Waals surface area contributed by atoms with Gasteiger partial charge in [-0.1, -0.05) is 70.1 Å². The minimum atomic E-state index is 0. The molecular weight excluding hydrogens is 462 g/mol. The number of fused-ring (bicyclic) bond motifs is 1. The summed E-state index contributed by atoms with van der Waals surface area (Å²) in [5.41, 5.74) is 1.56. The average Bonchev–Trinajstić information content (AvgIpc) is 2.83. The molecule has 3 rings (SSSR count). The van der Waals surface area contributed by atoms with Crippen LogP contribution >= 0.6 is 80.9 Å². The lowest BCUT2D eigenvalue weighted by molar-refractivity contribution is -0.655. The number of hydrogen-bond acceptors (Lipinski definition) is 1. The first kappa shape index (κ1) is 19.7. The summed E-state index contributed by atoms with van der Waals surface area (Å²) in [6.45, 7) is 0.344. The van der Waals surface area contributed by atoms with E-state index in [1.807, 2.05) is 28.8 Å². The Labute approximate surface area is 173 Å². The summed E-state index contributed by atoms with van der Waals surface area (Å²) in [4.78, 5) is 0. The first-order valence-electron chi connectivity index (χ1n) is 5.99. The van der Waals surface area contributed by atoms with Crippen LogP contribution in [0.15, 0.2) is 24.3 Å². The Bertz CT molecular complexity index is 861. The number of rotatable bonds is 2. The molecule has 1 aromatic heterocycles. The number of thiazole rings is 1. The van der Waals surface area contributed by atoms with Crippen LogP contribution in [0.1, 0.15) is 5.56 Å². The molecule has 1 nitrogen and oxygen atoms in total. The third-order valence-corrected chi connectivity index (χ3v) is 6.92. The Morgan fingerprint density at radius 2 is 1.30 bits per heavy atom. The van der Waals surface area contributed by atoms with Crippen LogP contribution in [0.3, 0.4) is 0 Å². The fourth-order valence-corrected chi connectivity index (χ4v) is 4.68. The molecule has 0 saturated heterocycles. The average molecular weight is 468 g/mol. The van der Waals surface area contributed by atoms with Crippen LogP contribution in [-0.2, 0) is 6.54 Å². The van der Waals surface area contributed by atoms with Gasteiger partial charge in [0.1, 0.15) is 4.70 Å². The summed E-state index contributed by atoms with van der Waals surface area (Å²) in [5.74, 6) is 0. The van der Waals surface area contributed by atoms with Gasteiger partial charge in [0.25, 0.3) is 0 Å². The van der Waals surface area contributed by atoms with E-state index in [-0.39, 0.29) is 37.5 Å². The molecule has 0 aliphatic rings. The van der Waals surface area contributed by atoms with Crippen molar-refractivity contribution < 1.29 is 17.0 Å². The third kappa shape index (κ3) is 3.51. The summed E-state index contributed by atoms with van der Waals surface area (Å²) >= 11 is 38.6. The van der Waals surface area contributed by atoms with Crippen molar-refractivity contribution in [1.29, 1.82) is 0 Å². The minimum Gasteiger partial charge on any atom is -1.00 e. The minimum absolute atomic E-state index is 0. The van der Waals surface area contributed by atoms with Gasteiger partial charge in [0.15, 0.2) is 6.54 Å². The van der Waals surface area contributed by atoms with Gasteiger partial charge < -0.3 is 12.4 Å². The fraction of sp³-hybridized carbons (Fsp3) is 0.0714. The van der Waals surface area contributed by atoms with Gasteiger partial charge in [-0.15, -0.1) is 0 Å². The zero-order chi connectivity index (χ0) is 16.0. The molecule has 23 heavy (non-hydrogen) atoms. The van der Waals surface area contributed by atoms with Gasteiger partial charge >= 0.3 is 4.47 Å². The normalized spacial score (nSPS) is 10.9. The molecular formula is C14H6Cl7NS. The summed E-state index contributed by atoms with van der Waals surface area (Å²) in [6, 6.07) is 7.86. The van der Waals surface area contributed by atoms with E-state index in [1.165, 1.54) is 11.3 Å². The Balaban J connectivity index is 0.00000192. The lowest BCUT2D eigenvalue weighted by atomic mass is 10.2. The van der Waals surface area contributed by atoms with E-state index < -0.39 is 0 Å². The van der Waals surface area contributed by atoms with E-state index in [4.69, 9.17) is 69.6 Å². The quantitative estimate of drug-likeness (QED) is 0.302. The van der Waals surface area contributed by atoms with Gasteiger partial charge in [0, 0.05) is 17.7 Å².